The first-order valence-corrected chi connectivity index (χ1v) is 4.89. The number of benzene rings is 1. The Balaban J connectivity index is 2.89. The molecule has 0 unspecified atom stereocenters. The minimum absolute atomic E-state index is 0.411. The van der Waals surface area contributed by atoms with Crippen LogP contribution in [0.25, 0.3) is 0 Å². The van der Waals surface area contributed by atoms with E-state index in [9.17, 15) is 5.11 Å². The SMILES string of the molecule is C=C(C)C[C@H](O)c1cc(C)cc(C)c1. The van der Waals surface area contributed by atoms with Crippen molar-refractivity contribution in [3.05, 3.63) is 47.0 Å². The van der Waals surface area contributed by atoms with E-state index in [-0.39, 0.29) is 0 Å². The molecule has 1 atom stereocenters. The number of rotatable bonds is 3. The maximum absolute atomic E-state index is 9.88. The van der Waals surface area contributed by atoms with Gasteiger partial charge in [-0.05, 0) is 32.8 Å². The largest absolute Gasteiger partial charge is 0.388 e. The van der Waals surface area contributed by atoms with E-state index in [1.165, 1.54) is 11.1 Å². The van der Waals surface area contributed by atoms with Gasteiger partial charge in [-0.25, -0.2) is 0 Å². The van der Waals surface area contributed by atoms with E-state index in [1.807, 2.05) is 32.9 Å². The van der Waals surface area contributed by atoms with Gasteiger partial charge in [0.15, 0.2) is 0 Å². The zero-order valence-electron chi connectivity index (χ0n) is 9.17. The monoisotopic (exact) mass is 190 g/mol. The zero-order chi connectivity index (χ0) is 10.7. The number of hydrogen-bond donors (Lipinski definition) is 1. The highest BCUT2D eigenvalue weighted by molar-refractivity contribution is 5.30. The van der Waals surface area contributed by atoms with Crippen LogP contribution in [-0.2, 0) is 0 Å². The van der Waals surface area contributed by atoms with Crippen LogP contribution in [0.1, 0.15) is 36.1 Å². The molecule has 0 saturated heterocycles. The van der Waals surface area contributed by atoms with Gasteiger partial charge in [-0.3, -0.25) is 0 Å². The fourth-order valence-electron chi connectivity index (χ4n) is 1.65. The summed E-state index contributed by atoms with van der Waals surface area (Å²) in [6.45, 7) is 9.83. The molecule has 0 aliphatic heterocycles. The van der Waals surface area contributed by atoms with Crippen molar-refractivity contribution in [2.45, 2.75) is 33.3 Å². The number of aliphatic hydroxyl groups is 1. The summed E-state index contributed by atoms with van der Waals surface area (Å²) in [6.07, 6.45) is 0.231. The smallest absolute Gasteiger partial charge is 0.0827 e. The number of hydrogen-bond acceptors (Lipinski definition) is 1. The third kappa shape index (κ3) is 3.00. The molecule has 0 aromatic heterocycles. The van der Waals surface area contributed by atoms with Crippen LogP contribution in [0.2, 0.25) is 0 Å². The molecule has 0 aliphatic carbocycles. The third-order valence-corrected chi connectivity index (χ3v) is 2.17. The Kier molecular flexibility index (Phi) is 3.48. The Morgan fingerprint density at radius 1 is 1.29 bits per heavy atom. The molecule has 1 aromatic rings. The lowest BCUT2D eigenvalue weighted by atomic mass is 9.99. The Morgan fingerprint density at radius 3 is 2.21 bits per heavy atom. The van der Waals surface area contributed by atoms with Crippen molar-refractivity contribution in [2.75, 3.05) is 0 Å². The summed E-state index contributed by atoms with van der Waals surface area (Å²) in [4.78, 5) is 0. The first-order valence-electron chi connectivity index (χ1n) is 4.89. The molecule has 0 bridgehead atoms. The van der Waals surface area contributed by atoms with Gasteiger partial charge in [-0.15, -0.1) is 6.58 Å². The minimum Gasteiger partial charge on any atom is -0.388 e. The number of aryl methyl sites for hydroxylation is 2. The summed E-state index contributed by atoms with van der Waals surface area (Å²) in [5.74, 6) is 0. The van der Waals surface area contributed by atoms with E-state index < -0.39 is 6.10 Å². The van der Waals surface area contributed by atoms with Crippen LogP contribution >= 0.6 is 0 Å². The zero-order valence-corrected chi connectivity index (χ0v) is 9.17. The molecule has 1 nitrogen and oxygen atoms in total. The van der Waals surface area contributed by atoms with Crippen LogP contribution in [0.3, 0.4) is 0 Å². The van der Waals surface area contributed by atoms with Crippen molar-refractivity contribution in [2.24, 2.45) is 0 Å². The van der Waals surface area contributed by atoms with E-state index in [2.05, 4.69) is 12.6 Å². The fraction of sp³-hybridized carbons (Fsp3) is 0.385. The van der Waals surface area contributed by atoms with Gasteiger partial charge in [0.1, 0.15) is 0 Å². The molecule has 0 saturated carbocycles. The molecule has 1 aromatic carbocycles. The standard InChI is InChI=1S/C13H18O/c1-9(2)5-13(14)12-7-10(3)6-11(4)8-12/h6-8,13-14H,1,5H2,2-4H3/t13-/m0/s1. The van der Waals surface area contributed by atoms with Crippen LogP contribution in [-0.4, -0.2) is 5.11 Å². The summed E-state index contributed by atoms with van der Waals surface area (Å²) >= 11 is 0. The Labute approximate surface area is 86.1 Å². The number of aliphatic hydroxyl groups excluding tert-OH is 1. The van der Waals surface area contributed by atoms with Crippen molar-refractivity contribution in [1.29, 1.82) is 0 Å². The summed E-state index contributed by atoms with van der Waals surface area (Å²) in [6, 6.07) is 6.16. The topological polar surface area (TPSA) is 20.2 Å². The van der Waals surface area contributed by atoms with Crippen molar-refractivity contribution < 1.29 is 5.11 Å². The highest BCUT2D eigenvalue weighted by Gasteiger charge is 2.07. The average Bonchev–Trinajstić information content (AvgIpc) is 2.00. The van der Waals surface area contributed by atoms with Crippen LogP contribution in [0.4, 0.5) is 0 Å². The maximum atomic E-state index is 9.88. The molecule has 1 N–H and O–H groups in total. The summed E-state index contributed by atoms with van der Waals surface area (Å²) < 4.78 is 0. The van der Waals surface area contributed by atoms with Crippen molar-refractivity contribution in [3.8, 4) is 0 Å². The van der Waals surface area contributed by atoms with Crippen LogP contribution in [0.5, 0.6) is 0 Å². The predicted octanol–water partition coefficient (Wildman–Crippen LogP) is 3.30. The van der Waals surface area contributed by atoms with E-state index in [1.54, 1.807) is 0 Å². The van der Waals surface area contributed by atoms with Crippen LogP contribution in [0, 0.1) is 13.8 Å². The predicted molar refractivity (Wildman–Crippen MR) is 60.3 cm³/mol. The summed E-state index contributed by atoms with van der Waals surface area (Å²) in [5.41, 5.74) is 4.39. The van der Waals surface area contributed by atoms with Crippen molar-refractivity contribution in [3.63, 3.8) is 0 Å². The van der Waals surface area contributed by atoms with E-state index in [0.29, 0.717) is 6.42 Å². The minimum atomic E-state index is -0.411. The summed E-state index contributed by atoms with van der Waals surface area (Å²) in [5, 5.41) is 9.88. The first-order chi connectivity index (χ1) is 6.49. The lowest BCUT2D eigenvalue weighted by Crippen LogP contribution is -1.98. The van der Waals surface area contributed by atoms with Gasteiger partial charge in [-0.1, -0.05) is 34.9 Å². The quantitative estimate of drug-likeness (QED) is 0.725. The third-order valence-electron chi connectivity index (χ3n) is 2.17. The highest BCUT2D eigenvalue weighted by atomic mass is 16.3. The van der Waals surface area contributed by atoms with E-state index in [4.69, 9.17) is 0 Å². The molecule has 0 fully saturated rings. The van der Waals surface area contributed by atoms with Gasteiger partial charge in [0.05, 0.1) is 6.10 Å². The molecule has 1 rings (SSSR count). The van der Waals surface area contributed by atoms with Crippen molar-refractivity contribution >= 4 is 0 Å². The molecule has 0 spiro atoms. The molecule has 0 amide bonds. The van der Waals surface area contributed by atoms with Crippen LogP contribution < -0.4 is 0 Å². The first kappa shape index (κ1) is 11.0. The average molecular weight is 190 g/mol. The molecule has 14 heavy (non-hydrogen) atoms. The Hall–Kier alpha value is -1.08. The Bertz CT molecular complexity index is 319. The lowest BCUT2D eigenvalue weighted by Gasteiger charge is -2.12. The molecule has 76 valence electrons. The second kappa shape index (κ2) is 4.43. The van der Waals surface area contributed by atoms with Gasteiger partial charge >= 0.3 is 0 Å². The summed E-state index contributed by atoms with van der Waals surface area (Å²) in [7, 11) is 0. The van der Waals surface area contributed by atoms with Gasteiger partial charge in [0, 0.05) is 0 Å². The van der Waals surface area contributed by atoms with Gasteiger partial charge in [0.25, 0.3) is 0 Å². The highest BCUT2D eigenvalue weighted by Crippen LogP contribution is 2.22. The Morgan fingerprint density at radius 2 is 1.79 bits per heavy atom. The lowest BCUT2D eigenvalue weighted by molar-refractivity contribution is 0.178. The van der Waals surface area contributed by atoms with E-state index in [0.717, 1.165) is 11.1 Å². The molecular weight excluding hydrogens is 172 g/mol. The van der Waals surface area contributed by atoms with Gasteiger partial charge in [-0.2, -0.15) is 0 Å². The normalized spacial score (nSPS) is 12.6. The molecule has 0 aliphatic rings. The maximum Gasteiger partial charge on any atom is 0.0827 e. The molecule has 0 radical (unpaired) electrons. The van der Waals surface area contributed by atoms with E-state index >= 15 is 0 Å². The molecular formula is C13H18O. The second-order valence-electron chi connectivity index (χ2n) is 4.10. The van der Waals surface area contributed by atoms with Gasteiger partial charge < -0.3 is 5.11 Å². The van der Waals surface area contributed by atoms with Crippen molar-refractivity contribution in [1.82, 2.24) is 0 Å². The molecule has 0 heterocycles. The fourth-order valence-corrected chi connectivity index (χ4v) is 1.65. The van der Waals surface area contributed by atoms with Gasteiger partial charge in [0.2, 0.25) is 0 Å². The van der Waals surface area contributed by atoms with Crippen LogP contribution in [0.15, 0.2) is 30.4 Å². The molecule has 1 heteroatoms. The second-order valence-corrected chi connectivity index (χ2v) is 4.10.